The highest BCUT2D eigenvalue weighted by atomic mass is 19.1. The number of hydrogen-bond donors (Lipinski definition) is 0. The topological polar surface area (TPSA) is 36.0 Å². The molecule has 1 amide bonds. The summed E-state index contributed by atoms with van der Waals surface area (Å²) in [7, 11) is 0. The Morgan fingerprint density at radius 2 is 1.80 bits per heavy atom. The molecule has 25 heavy (non-hydrogen) atoms. The highest BCUT2D eigenvalue weighted by molar-refractivity contribution is 5.80. The van der Waals surface area contributed by atoms with Crippen molar-refractivity contribution in [3.8, 4) is 0 Å². The van der Waals surface area contributed by atoms with Crippen LogP contribution >= 0.6 is 0 Å². The fourth-order valence-electron chi connectivity index (χ4n) is 4.39. The van der Waals surface area contributed by atoms with Crippen LogP contribution in [0.3, 0.4) is 0 Å². The molecule has 2 atom stereocenters. The molecule has 3 saturated heterocycles. The lowest BCUT2D eigenvalue weighted by Gasteiger charge is -2.30. The van der Waals surface area contributed by atoms with Gasteiger partial charge in [0, 0.05) is 57.8 Å². The van der Waals surface area contributed by atoms with Crippen LogP contribution in [-0.4, -0.2) is 78.6 Å². The number of hydrogen-bond acceptors (Lipinski definition) is 4. The molecule has 3 fully saturated rings. The Morgan fingerprint density at radius 1 is 1.04 bits per heavy atom. The Morgan fingerprint density at radius 3 is 2.56 bits per heavy atom. The molecule has 0 spiro atoms. The monoisotopic (exact) mass is 347 g/mol. The summed E-state index contributed by atoms with van der Waals surface area (Å²) in [5.74, 6) is 0.0837. The number of ether oxygens (including phenoxy) is 1. The lowest BCUT2D eigenvalue weighted by atomic mass is 10.1. The number of benzene rings is 1. The number of halogens is 1. The molecule has 0 bridgehead atoms. The van der Waals surface area contributed by atoms with Gasteiger partial charge in [-0.1, -0.05) is 12.1 Å². The molecular formula is C19H26FN3O2. The third-order valence-electron chi connectivity index (χ3n) is 5.79. The van der Waals surface area contributed by atoms with E-state index in [1.165, 1.54) is 12.1 Å². The lowest BCUT2D eigenvalue weighted by molar-refractivity contribution is -0.129. The maximum absolute atomic E-state index is 13.1. The Labute approximate surface area is 148 Å². The van der Waals surface area contributed by atoms with Gasteiger partial charge in [0.1, 0.15) is 5.82 Å². The largest absolute Gasteiger partial charge is 0.379 e. The predicted octanol–water partition coefficient (Wildman–Crippen LogP) is 1.33. The molecule has 3 aliphatic heterocycles. The van der Waals surface area contributed by atoms with Crippen molar-refractivity contribution in [2.24, 2.45) is 0 Å². The van der Waals surface area contributed by atoms with Crippen molar-refractivity contribution in [1.82, 2.24) is 14.7 Å². The number of likely N-dealkylation sites (tertiary alicyclic amines) is 2. The maximum atomic E-state index is 13.1. The van der Waals surface area contributed by atoms with Gasteiger partial charge >= 0.3 is 0 Å². The average molecular weight is 347 g/mol. The summed E-state index contributed by atoms with van der Waals surface area (Å²) in [4.78, 5) is 19.4. The summed E-state index contributed by atoms with van der Waals surface area (Å²) in [6.45, 7) is 7.09. The molecule has 0 radical (unpaired) electrons. The Bertz CT molecular complexity index is 603. The molecule has 0 aliphatic carbocycles. The smallest absolute Gasteiger partial charge is 0.224 e. The summed E-state index contributed by atoms with van der Waals surface area (Å²) in [5, 5.41) is 0. The SMILES string of the molecule is O=C1C[C@@H]2[C@H](CCN2Cc2ccc(F)cc2)N1CCN1CCOCC1. The number of carbonyl (C=O) groups is 1. The number of morpholine rings is 1. The molecule has 6 heteroatoms. The summed E-state index contributed by atoms with van der Waals surface area (Å²) in [6, 6.07) is 7.36. The van der Waals surface area contributed by atoms with Crippen LogP contribution in [0.2, 0.25) is 0 Å². The lowest BCUT2D eigenvalue weighted by Crippen LogP contribution is -2.44. The van der Waals surface area contributed by atoms with Crippen molar-refractivity contribution >= 4 is 5.91 Å². The number of nitrogens with zero attached hydrogens (tertiary/aromatic N) is 3. The standard InChI is InChI=1S/C19H26FN3O2/c20-16-3-1-15(2-4-16)14-22-6-5-17-18(22)13-19(24)23(17)8-7-21-9-11-25-12-10-21/h1-4,17-18H,5-14H2/t17-,18+/m0/s1. The van der Waals surface area contributed by atoms with Gasteiger partial charge in [-0.2, -0.15) is 0 Å². The van der Waals surface area contributed by atoms with Gasteiger partial charge in [-0.25, -0.2) is 4.39 Å². The first-order valence-electron chi connectivity index (χ1n) is 9.29. The summed E-state index contributed by atoms with van der Waals surface area (Å²) < 4.78 is 18.5. The normalized spacial score (nSPS) is 27.9. The van der Waals surface area contributed by atoms with E-state index in [1.807, 2.05) is 12.1 Å². The van der Waals surface area contributed by atoms with Gasteiger partial charge in [-0.15, -0.1) is 0 Å². The van der Waals surface area contributed by atoms with Crippen LogP contribution < -0.4 is 0 Å². The summed E-state index contributed by atoms with van der Waals surface area (Å²) in [5.41, 5.74) is 1.11. The molecule has 4 rings (SSSR count). The van der Waals surface area contributed by atoms with Crippen molar-refractivity contribution in [1.29, 1.82) is 0 Å². The minimum Gasteiger partial charge on any atom is -0.379 e. The van der Waals surface area contributed by atoms with Crippen LogP contribution in [0.1, 0.15) is 18.4 Å². The number of carbonyl (C=O) groups excluding carboxylic acids is 1. The van der Waals surface area contributed by atoms with E-state index in [0.29, 0.717) is 18.5 Å². The van der Waals surface area contributed by atoms with E-state index in [0.717, 1.165) is 64.5 Å². The first kappa shape index (κ1) is 16.9. The second-order valence-electron chi connectivity index (χ2n) is 7.27. The van der Waals surface area contributed by atoms with E-state index in [2.05, 4.69) is 14.7 Å². The highest BCUT2D eigenvalue weighted by Gasteiger charge is 2.46. The minimum absolute atomic E-state index is 0.201. The van der Waals surface area contributed by atoms with Crippen LogP contribution in [-0.2, 0) is 16.1 Å². The van der Waals surface area contributed by atoms with Crippen molar-refractivity contribution < 1.29 is 13.9 Å². The van der Waals surface area contributed by atoms with E-state index >= 15 is 0 Å². The number of rotatable bonds is 5. The van der Waals surface area contributed by atoms with Crippen LogP contribution in [0.5, 0.6) is 0 Å². The van der Waals surface area contributed by atoms with Gasteiger partial charge in [0.05, 0.1) is 13.2 Å². The molecule has 1 aromatic carbocycles. The summed E-state index contributed by atoms with van der Waals surface area (Å²) in [6.07, 6.45) is 1.66. The van der Waals surface area contributed by atoms with Crippen molar-refractivity contribution in [2.45, 2.75) is 31.5 Å². The average Bonchev–Trinajstić information content (AvgIpc) is 3.15. The zero-order chi connectivity index (χ0) is 17.2. The van der Waals surface area contributed by atoms with Gasteiger partial charge in [-0.3, -0.25) is 14.6 Å². The molecule has 136 valence electrons. The predicted molar refractivity (Wildman–Crippen MR) is 92.6 cm³/mol. The van der Waals surface area contributed by atoms with E-state index in [-0.39, 0.29) is 11.7 Å². The molecule has 3 heterocycles. The Kier molecular flexibility index (Phi) is 5.01. The van der Waals surface area contributed by atoms with Crippen LogP contribution in [0.15, 0.2) is 24.3 Å². The molecule has 0 aromatic heterocycles. The zero-order valence-corrected chi connectivity index (χ0v) is 14.6. The molecule has 0 N–H and O–H groups in total. The fraction of sp³-hybridized carbons (Fsp3) is 0.632. The Balaban J connectivity index is 1.34. The van der Waals surface area contributed by atoms with Crippen LogP contribution in [0.25, 0.3) is 0 Å². The minimum atomic E-state index is -0.201. The third-order valence-corrected chi connectivity index (χ3v) is 5.79. The van der Waals surface area contributed by atoms with E-state index in [1.54, 1.807) is 0 Å². The van der Waals surface area contributed by atoms with Gasteiger partial charge in [0.15, 0.2) is 0 Å². The number of amides is 1. The first-order chi connectivity index (χ1) is 12.2. The molecular weight excluding hydrogens is 321 g/mol. The van der Waals surface area contributed by atoms with Crippen molar-refractivity contribution in [3.63, 3.8) is 0 Å². The van der Waals surface area contributed by atoms with E-state index in [4.69, 9.17) is 4.74 Å². The molecule has 5 nitrogen and oxygen atoms in total. The fourth-order valence-corrected chi connectivity index (χ4v) is 4.39. The van der Waals surface area contributed by atoms with Gasteiger partial charge in [0.2, 0.25) is 5.91 Å². The molecule has 0 unspecified atom stereocenters. The van der Waals surface area contributed by atoms with E-state index in [9.17, 15) is 9.18 Å². The van der Waals surface area contributed by atoms with Gasteiger partial charge in [0.25, 0.3) is 0 Å². The second-order valence-corrected chi connectivity index (χ2v) is 7.27. The number of fused-ring (bicyclic) bond motifs is 1. The second kappa shape index (κ2) is 7.40. The van der Waals surface area contributed by atoms with Crippen molar-refractivity contribution in [3.05, 3.63) is 35.6 Å². The highest BCUT2D eigenvalue weighted by Crippen LogP contribution is 2.33. The van der Waals surface area contributed by atoms with Crippen LogP contribution in [0, 0.1) is 5.82 Å². The maximum Gasteiger partial charge on any atom is 0.224 e. The zero-order valence-electron chi connectivity index (χ0n) is 14.6. The van der Waals surface area contributed by atoms with Gasteiger partial charge in [-0.05, 0) is 24.1 Å². The van der Waals surface area contributed by atoms with Crippen molar-refractivity contribution in [2.75, 3.05) is 45.9 Å². The third kappa shape index (κ3) is 3.71. The molecule has 3 aliphatic rings. The molecule has 0 saturated carbocycles. The first-order valence-corrected chi connectivity index (χ1v) is 9.29. The quantitative estimate of drug-likeness (QED) is 0.805. The van der Waals surface area contributed by atoms with Crippen LogP contribution in [0.4, 0.5) is 4.39 Å². The molecule has 1 aromatic rings. The summed E-state index contributed by atoms with van der Waals surface area (Å²) >= 11 is 0. The van der Waals surface area contributed by atoms with E-state index < -0.39 is 0 Å². The van der Waals surface area contributed by atoms with Gasteiger partial charge < -0.3 is 9.64 Å². The Hall–Kier alpha value is -1.50.